The molecule has 0 aromatic heterocycles. The molecule has 3 aromatic carbocycles. The van der Waals surface area contributed by atoms with Crippen LogP contribution in [0.1, 0.15) is 41.3 Å². The number of hydrogen-bond acceptors (Lipinski definition) is 6. The van der Waals surface area contributed by atoms with Crippen molar-refractivity contribution in [3.05, 3.63) is 95.6 Å². The smallest absolute Gasteiger partial charge is 0.325 e. The largest absolute Gasteiger partial charge is 0.465 e. The van der Waals surface area contributed by atoms with Gasteiger partial charge in [-0.15, -0.1) is 0 Å². The lowest BCUT2D eigenvalue weighted by Gasteiger charge is -2.22. The zero-order valence-electron chi connectivity index (χ0n) is 21.8. The molecule has 1 saturated carbocycles. The van der Waals surface area contributed by atoms with Gasteiger partial charge in [0, 0.05) is 17.8 Å². The molecule has 0 unspecified atom stereocenters. The minimum atomic E-state index is -3.29. The predicted octanol–water partition coefficient (Wildman–Crippen LogP) is 4.26. The lowest BCUT2D eigenvalue weighted by atomic mass is 10.1. The van der Waals surface area contributed by atoms with Crippen molar-refractivity contribution in [2.24, 2.45) is 5.92 Å². The molecule has 0 saturated heterocycles. The summed E-state index contributed by atoms with van der Waals surface area (Å²) in [5.74, 6) is -0.638. The van der Waals surface area contributed by atoms with Crippen LogP contribution in [0.15, 0.2) is 83.8 Å². The van der Waals surface area contributed by atoms with Crippen LogP contribution < -0.4 is 5.32 Å². The molecule has 0 atom stereocenters. The van der Waals surface area contributed by atoms with Crippen LogP contribution >= 0.6 is 0 Å². The molecule has 39 heavy (non-hydrogen) atoms. The normalized spacial score (nSPS) is 12.9. The van der Waals surface area contributed by atoms with Crippen LogP contribution in [0, 0.1) is 5.92 Å². The number of rotatable bonds is 12. The van der Waals surface area contributed by atoms with Gasteiger partial charge < -0.3 is 15.0 Å². The summed E-state index contributed by atoms with van der Waals surface area (Å²) in [7, 11) is -3.29. The van der Waals surface area contributed by atoms with Gasteiger partial charge in [-0.3, -0.25) is 14.4 Å². The van der Waals surface area contributed by atoms with Crippen LogP contribution in [0.3, 0.4) is 0 Å². The standard InChI is InChI=1S/C30H32N2O6S/c1-2-38-29(34)20-32(19-23-6-4-3-5-7-23)30(35)25-12-14-26(15-13-25)31-28(33)18-22-10-16-27(17-11-22)39(36,37)21-24-8-9-24/h3-7,10-17,24H,2,8-9,18-21H2,1H3,(H,31,33). The summed E-state index contributed by atoms with van der Waals surface area (Å²) >= 11 is 0. The van der Waals surface area contributed by atoms with Crippen molar-refractivity contribution in [3.8, 4) is 0 Å². The highest BCUT2D eigenvalue weighted by Gasteiger charge is 2.29. The van der Waals surface area contributed by atoms with E-state index in [0.29, 0.717) is 16.8 Å². The van der Waals surface area contributed by atoms with Gasteiger partial charge in [-0.25, -0.2) is 8.42 Å². The molecule has 8 nitrogen and oxygen atoms in total. The molecule has 0 radical (unpaired) electrons. The predicted molar refractivity (Wildman–Crippen MR) is 148 cm³/mol. The first kappa shape index (κ1) is 28.0. The summed E-state index contributed by atoms with van der Waals surface area (Å²) in [5.41, 5.74) is 2.46. The number of anilines is 1. The van der Waals surface area contributed by atoms with E-state index >= 15 is 0 Å². The molecule has 9 heteroatoms. The maximum Gasteiger partial charge on any atom is 0.325 e. The lowest BCUT2D eigenvalue weighted by molar-refractivity contribution is -0.144. The van der Waals surface area contributed by atoms with Crippen molar-refractivity contribution in [2.45, 2.75) is 37.6 Å². The fraction of sp³-hybridized carbons (Fsp3) is 0.300. The highest BCUT2D eigenvalue weighted by Crippen LogP contribution is 2.32. The molecule has 2 amide bonds. The summed E-state index contributed by atoms with van der Waals surface area (Å²) in [6, 6.07) is 22.2. The molecule has 204 valence electrons. The van der Waals surface area contributed by atoms with Crippen molar-refractivity contribution in [2.75, 3.05) is 24.2 Å². The SMILES string of the molecule is CCOC(=O)CN(Cc1ccccc1)C(=O)c1ccc(NC(=O)Cc2ccc(S(=O)(=O)CC3CC3)cc2)cc1. The molecule has 0 bridgehead atoms. The third kappa shape index (κ3) is 8.25. The fourth-order valence-electron chi connectivity index (χ4n) is 4.14. The second-order valence-electron chi connectivity index (χ2n) is 9.62. The summed E-state index contributed by atoms with van der Waals surface area (Å²) in [6.45, 7) is 2.01. The summed E-state index contributed by atoms with van der Waals surface area (Å²) in [6.07, 6.45) is 2.01. The Morgan fingerprint density at radius 2 is 1.56 bits per heavy atom. The number of esters is 1. The molecule has 4 rings (SSSR count). The van der Waals surface area contributed by atoms with E-state index in [0.717, 1.165) is 18.4 Å². The van der Waals surface area contributed by atoms with E-state index < -0.39 is 15.8 Å². The van der Waals surface area contributed by atoms with Gasteiger partial charge in [0.25, 0.3) is 5.91 Å². The molecular formula is C30H32N2O6S. The number of hydrogen-bond donors (Lipinski definition) is 1. The number of benzene rings is 3. The van der Waals surface area contributed by atoms with E-state index in [1.165, 1.54) is 4.90 Å². The van der Waals surface area contributed by atoms with E-state index in [9.17, 15) is 22.8 Å². The third-order valence-corrected chi connectivity index (χ3v) is 8.24. The Morgan fingerprint density at radius 3 is 2.18 bits per heavy atom. The second-order valence-corrected chi connectivity index (χ2v) is 11.7. The number of carbonyl (C=O) groups is 3. The van der Waals surface area contributed by atoms with E-state index in [-0.39, 0.29) is 54.5 Å². The summed E-state index contributed by atoms with van der Waals surface area (Å²) < 4.78 is 29.9. The van der Waals surface area contributed by atoms with Gasteiger partial charge in [0.15, 0.2) is 9.84 Å². The maximum absolute atomic E-state index is 13.2. The number of ether oxygens (including phenoxy) is 1. The van der Waals surface area contributed by atoms with Crippen molar-refractivity contribution in [1.29, 1.82) is 0 Å². The van der Waals surface area contributed by atoms with Crippen LogP contribution in [0.2, 0.25) is 0 Å². The van der Waals surface area contributed by atoms with Gasteiger partial charge in [-0.2, -0.15) is 0 Å². The lowest BCUT2D eigenvalue weighted by Crippen LogP contribution is -2.36. The molecule has 0 aliphatic heterocycles. The van der Waals surface area contributed by atoms with Crippen molar-refractivity contribution < 1.29 is 27.5 Å². The number of sulfone groups is 1. The summed E-state index contributed by atoms with van der Waals surface area (Å²) in [4.78, 5) is 39.6. The van der Waals surface area contributed by atoms with Gasteiger partial charge in [0.05, 0.1) is 23.7 Å². The minimum absolute atomic E-state index is 0.0774. The van der Waals surface area contributed by atoms with Crippen molar-refractivity contribution in [1.82, 2.24) is 4.90 Å². The molecule has 1 fully saturated rings. The Labute approximate surface area is 228 Å². The number of nitrogens with zero attached hydrogens (tertiary/aromatic N) is 1. The molecule has 1 aliphatic carbocycles. The molecule has 1 N–H and O–H groups in total. The Balaban J connectivity index is 1.36. The Bertz CT molecular complexity index is 1400. The maximum atomic E-state index is 13.2. The average Bonchev–Trinajstić information content (AvgIpc) is 3.73. The van der Waals surface area contributed by atoms with Crippen LogP contribution in [-0.2, 0) is 37.1 Å². The van der Waals surface area contributed by atoms with Crippen LogP contribution in [-0.4, -0.2) is 50.0 Å². The molecule has 3 aromatic rings. The zero-order valence-corrected chi connectivity index (χ0v) is 22.7. The second kappa shape index (κ2) is 12.7. The fourth-order valence-corrected chi connectivity index (χ4v) is 5.84. The zero-order chi connectivity index (χ0) is 27.8. The number of carbonyl (C=O) groups excluding carboxylic acids is 3. The van der Waals surface area contributed by atoms with E-state index in [2.05, 4.69) is 5.32 Å². The minimum Gasteiger partial charge on any atom is -0.465 e. The molecule has 0 spiro atoms. The number of amides is 2. The third-order valence-electron chi connectivity index (χ3n) is 6.34. The monoisotopic (exact) mass is 548 g/mol. The van der Waals surface area contributed by atoms with Crippen LogP contribution in [0.4, 0.5) is 5.69 Å². The first-order valence-corrected chi connectivity index (χ1v) is 14.6. The van der Waals surface area contributed by atoms with Gasteiger partial charge >= 0.3 is 5.97 Å². The highest BCUT2D eigenvalue weighted by molar-refractivity contribution is 7.91. The van der Waals surface area contributed by atoms with Crippen LogP contribution in [0.25, 0.3) is 0 Å². The van der Waals surface area contributed by atoms with Gasteiger partial charge in [0.2, 0.25) is 5.91 Å². The first-order valence-electron chi connectivity index (χ1n) is 12.9. The number of nitrogens with one attached hydrogen (secondary N) is 1. The molecular weight excluding hydrogens is 516 g/mol. The topological polar surface area (TPSA) is 110 Å². The van der Waals surface area contributed by atoms with E-state index in [1.54, 1.807) is 55.5 Å². The van der Waals surface area contributed by atoms with E-state index in [4.69, 9.17) is 4.74 Å². The van der Waals surface area contributed by atoms with Gasteiger partial charge in [-0.05, 0) is 73.2 Å². The van der Waals surface area contributed by atoms with Gasteiger partial charge in [-0.1, -0.05) is 42.5 Å². The average molecular weight is 549 g/mol. The van der Waals surface area contributed by atoms with E-state index in [1.807, 2.05) is 30.3 Å². The Morgan fingerprint density at radius 1 is 0.897 bits per heavy atom. The van der Waals surface area contributed by atoms with Crippen molar-refractivity contribution >= 4 is 33.3 Å². The van der Waals surface area contributed by atoms with Crippen LogP contribution in [0.5, 0.6) is 0 Å². The summed E-state index contributed by atoms with van der Waals surface area (Å²) in [5, 5.41) is 2.80. The highest BCUT2D eigenvalue weighted by atomic mass is 32.2. The molecule has 1 aliphatic rings. The quantitative estimate of drug-likeness (QED) is 0.339. The van der Waals surface area contributed by atoms with Crippen molar-refractivity contribution in [3.63, 3.8) is 0 Å². The molecule has 0 heterocycles. The van der Waals surface area contributed by atoms with Gasteiger partial charge in [0.1, 0.15) is 6.54 Å². The first-order chi connectivity index (χ1) is 18.7. The Hall–Kier alpha value is -3.98. The Kier molecular flexibility index (Phi) is 9.14.